The van der Waals surface area contributed by atoms with Gasteiger partial charge in [0.05, 0.1) is 16.1 Å². The molecule has 0 saturated heterocycles. The summed E-state index contributed by atoms with van der Waals surface area (Å²) >= 11 is 4.88. The minimum atomic E-state index is 0.104. The molecule has 0 N–H and O–H groups in total. The van der Waals surface area contributed by atoms with Gasteiger partial charge in [0.1, 0.15) is 4.83 Å². The van der Waals surface area contributed by atoms with Gasteiger partial charge < -0.3 is 0 Å². The zero-order valence-corrected chi connectivity index (χ0v) is 16.8. The van der Waals surface area contributed by atoms with Crippen LogP contribution in [-0.2, 0) is 12.3 Å². The largest absolute Gasteiger partial charge is 0.287 e. The number of thiophene rings is 1. The molecule has 3 heterocycles. The third-order valence-corrected chi connectivity index (χ3v) is 6.94. The van der Waals surface area contributed by atoms with Gasteiger partial charge in [-0.3, -0.25) is 9.36 Å². The van der Waals surface area contributed by atoms with E-state index >= 15 is 0 Å². The number of fused-ring (bicyclic) bond motifs is 1. The summed E-state index contributed by atoms with van der Waals surface area (Å²) in [6, 6.07) is 0. The normalized spacial score (nSPS) is 11.5. The summed E-state index contributed by atoms with van der Waals surface area (Å²) in [5.41, 5.74) is 2.23. The van der Waals surface area contributed by atoms with Crippen molar-refractivity contribution in [2.45, 2.75) is 58.0 Å². The molecular formula is C17H21N3OS3. The zero-order valence-electron chi connectivity index (χ0n) is 14.4. The highest BCUT2D eigenvalue weighted by molar-refractivity contribution is 7.98. The van der Waals surface area contributed by atoms with Crippen molar-refractivity contribution in [3.05, 3.63) is 36.9 Å². The monoisotopic (exact) mass is 379 g/mol. The van der Waals surface area contributed by atoms with Crippen LogP contribution in [0.1, 0.15) is 40.9 Å². The Kier molecular flexibility index (Phi) is 5.42. The molecule has 0 saturated carbocycles. The topological polar surface area (TPSA) is 47.8 Å². The lowest BCUT2D eigenvalue weighted by Gasteiger charge is -2.11. The van der Waals surface area contributed by atoms with E-state index < -0.39 is 0 Å². The van der Waals surface area contributed by atoms with E-state index in [2.05, 4.69) is 24.2 Å². The molecule has 4 nitrogen and oxygen atoms in total. The molecule has 7 heteroatoms. The van der Waals surface area contributed by atoms with Crippen LogP contribution in [0.25, 0.3) is 10.2 Å². The Bertz CT molecular complexity index is 923. The quantitative estimate of drug-likeness (QED) is 0.450. The van der Waals surface area contributed by atoms with Crippen molar-refractivity contribution in [2.24, 2.45) is 0 Å². The van der Waals surface area contributed by atoms with Gasteiger partial charge >= 0.3 is 0 Å². The molecule has 3 aromatic heterocycles. The lowest BCUT2D eigenvalue weighted by Crippen LogP contribution is -2.23. The second-order valence-electron chi connectivity index (χ2n) is 5.81. The lowest BCUT2D eigenvalue weighted by molar-refractivity contribution is 0.558. The Morgan fingerprint density at radius 2 is 2.04 bits per heavy atom. The number of unbranched alkanes of at least 4 members (excludes halogenated alkanes) is 1. The highest BCUT2D eigenvalue weighted by Gasteiger charge is 2.17. The molecule has 0 unspecified atom stereocenters. The predicted octanol–water partition coefficient (Wildman–Crippen LogP) is 4.93. The fourth-order valence-electron chi connectivity index (χ4n) is 2.55. The molecule has 0 atom stereocenters. The summed E-state index contributed by atoms with van der Waals surface area (Å²) < 4.78 is 1.86. The number of thioether (sulfide) groups is 1. The number of aryl methyl sites for hydroxylation is 3. The summed E-state index contributed by atoms with van der Waals surface area (Å²) in [5.74, 6) is 0.748. The van der Waals surface area contributed by atoms with Gasteiger partial charge in [-0.05, 0) is 32.8 Å². The van der Waals surface area contributed by atoms with Crippen molar-refractivity contribution in [3.8, 4) is 0 Å². The van der Waals surface area contributed by atoms with Crippen LogP contribution in [-0.4, -0.2) is 14.5 Å². The molecule has 0 radical (unpaired) electrons. The fraction of sp³-hybridized carbons (Fsp3) is 0.471. The van der Waals surface area contributed by atoms with Crippen molar-refractivity contribution in [2.75, 3.05) is 0 Å². The summed E-state index contributed by atoms with van der Waals surface area (Å²) in [4.78, 5) is 24.4. The first-order valence-electron chi connectivity index (χ1n) is 8.05. The van der Waals surface area contributed by atoms with Crippen molar-refractivity contribution in [1.82, 2.24) is 14.5 Å². The zero-order chi connectivity index (χ0) is 17.3. The van der Waals surface area contributed by atoms with Gasteiger partial charge in [0.15, 0.2) is 5.16 Å². The molecule has 0 aliphatic carbocycles. The molecule has 0 spiro atoms. The third kappa shape index (κ3) is 3.43. The van der Waals surface area contributed by atoms with Crippen LogP contribution in [0.2, 0.25) is 0 Å². The lowest BCUT2D eigenvalue weighted by atomic mass is 10.2. The third-order valence-electron chi connectivity index (χ3n) is 4.00. The maximum atomic E-state index is 13.0. The first-order valence-corrected chi connectivity index (χ1v) is 10.7. The van der Waals surface area contributed by atoms with Gasteiger partial charge in [-0.2, -0.15) is 0 Å². The molecular weight excluding hydrogens is 358 g/mol. The van der Waals surface area contributed by atoms with Crippen molar-refractivity contribution in [3.63, 3.8) is 0 Å². The number of rotatable bonds is 6. The molecule has 3 rings (SSSR count). The fourth-order valence-corrected chi connectivity index (χ4v) is 5.25. The van der Waals surface area contributed by atoms with Crippen LogP contribution < -0.4 is 5.56 Å². The molecule has 128 valence electrons. The highest BCUT2D eigenvalue weighted by atomic mass is 32.2. The number of thiazole rings is 1. The molecule has 0 bridgehead atoms. The van der Waals surface area contributed by atoms with Crippen molar-refractivity contribution < 1.29 is 0 Å². The maximum Gasteiger partial charge on any atom is 0.263 e. The van der Waals surface area contributed by atoms with E-state index in [1.54, 1.807) is 34.4 Å². The van der Waals surface area contributed by atoms with Crippen molar-refractivity contribution >= 4 is 44.7 Å². The van der Waals surface area contributed by atoms with Crippen LogP contribution in [0.3, 0.4) is 0 Å². The standard InChI is InChI=1S/C17H21N3OS3/c1-5-6-7-20-16(21)14-10(2)11(3)24-15(14)19-17(20)23-9-13-8-22-12(4)18-13/h8H,5-7,9H2,1-4H3. The summed E-state index contributed by atoms with van der Waals surface area (Å²) in [6.45, 7) is 8.96. The van der Waals surface area contributed by atoms with Crippen LogP contribution in [0.5, 0.6) is 0 Å². The van der Waals surface area contributed by atoms with Gasteiger partial charge in [0.2, 0.25) is 0 Å². The second-order valence-corrected chi connectivity index (χ2v) is 9.02. The Labute approximate surface area is 154 Å². The maximum absolute atomic E-state index is 13.0. The van der Waals surface area contributed by atoms with Crippen LogP contribution in [0.4, 0.5) is 0 Å². The van der Waals surface area contributed by atoms with Gasteiger partial charge in [-0.25, -0.2) is 9.97 Å². The molecule has 3 aromatic rings. The van der Waals surface area contributed by atoms with Crippen LogP contribution in [0, 0.1) is 20.8 Å². The van der Waals surface area contributed by atoms with Gasteiger partial charge in [0, 0.05) is 22.6 Å². The average Bonchev–Trinajstić information content (AvgIpc) is 3.08. The average molecular weight is 380 g/mol. The Morgan fingerprint density at radius 3 is 2.71 bits per heavy atom. The first-order chi connectivity index (χ1) is 11.5. The summed E-state index contributed by atoms with van der Waals surface area (Å²) in [7, 11) is 0. The SMILES string of the molecule is CCCCn1c(SCc2csc(C)n2)nc2sc(C)c(C)c2c1=O. The molecule has 0 aliphatic rings. The molecule has 0 aromatic carbocycles. The van der Waals surface area contributed by atoms with E-state index in [-0.39, 0.29) is 5.56 Å². The van der Waals surface area contributed by atoms with Gasteiger partial charge in [0.25, 0.3) is 5.56 Å². The predicted molar refractivity (Wildman–Crippen MR) is 105 cm³/mol. The summed E-state index contributed by atoms with van der Waals surface area (Å²) in [6.07, 6.45) is 2.04. The van der Waals surface area contributed by atoms with Crippen molar-refractivity contribution in [1.29, 1.82) is 0 Å². The first kappa shape index (κ1) is 17.6. The molecule has 24 heavy (non-hydrogen) atoms. The smallest absolute Gasteiger partial charge is 0.263 e. The van der Waals surface area contributed by atoms with E-state index in [9.17, 15) is 4.79 Å². The highest BCUT2D eigenvalue weighted by Crippen LogP contribution is 2.29. The van der Waals surface area contributed by atoms with E-state index in [0.29, 0.717) is 0 Å². The molecule has 0 fully saturated rings. The Morgan fingerprint density at radius 1 is 1.25 bits per heavy atom. The molecule has 0 amide bonds. The Balaban J connectivity index is 2.02. The van der Waals surface area contributed by atoms with Crippen LogP contribution >= 0.6 is 34.4 Å². The minimum Gasteiger partial charge on any atom is -0.287 e. The van der Waals surface area contributed by atoms with E-state index in [4.69, 9.17) is 4.98 Å². The van der Waals surface area contributed by atoms with E-state index in [1.165, 1.54) is 4.88 Å². The number of hydrogen-bond acceptors (Lipinski definition) is 6. The van der Waals surface area contributed by atoms with Gasteiger partial charge in [-0.1, -0.05) is 25.1 Å². The van der Waals surface area contributed by atoms with E-state index in [1.807, 2.05) is 18.4 Å². The second kappa shape index (κ2) is 7.37. The molecule has 0 aliphatic heterocycles. The van der Waals surface area contributed by atoms with E-state index in [0.717, 1.165) is 56.8 Å². The Hall–Kier alpha value is -1.18. The van der Waals surface area contributed by atoms with Crippen LogP contribution in [0.15, 0.2) is 15.3 Å². The van der Waals surface area contributed by atoms with Gasteiger partial charge in [-0.15, -0.1) is 22.7 Å². The minimum absolute atomic E-state index is 0.104. The number of aromatic nitrogens is 3. The number of nitrogens with zero attached hydrogens (tertiary/aromatic N) is 3. The summed E-state index contributed by atoms with van der Waals surface area (Å²) in [5, 5.41) is 4.76. The number of hydrogen-bond donors (Lipinski definition) is 0.